The predicted octanol–water partition coefficient (Wildman–Crippen LogP) is 3.43. The summed E-state index contributed by atoms with van der Waals surface area (Å²) in [5.74, 6) is -1.71. The van der Waals surface area contributed by atoms with Gasteiger partial charge >= 0.3 is 5.97 Å². The van der Waals surface area contributed by atoms with Gasteiger partial charge in [0.2, 0.25) is 5.78 Å². The Balaban J connectivity index is 1.79. The Bertz CT molecular complexity index is 1050. The Morgan fingerprint density at radius 2 is 1.86 bits per heavy atom. The predicted molar refractivity (Wildman–Crippen MR) is 103 cm³/mol. The molecule has 0 bridgehead atoms. The Kier molecular flexibility index (Phi) is 5.75. The molecule has 0 aliphatic heterocycles. The Morgan fingerprint density at radius 1 is 1.18 bits per heavy atom. The van der Waals surface area contributed by atoms with Gasteiger partial charge in [0.05, 0.1) is 10.7 Å². The normalized spacial score (nSPS) is 10.7. The van der Waals surface area contributed by atoms with Crippen LogP contribution in [0.1, 0.15) is 32.0 Å². The molecule has 1 heterocycles. The van der Waals surface area contributed by atoms with Crippen molar-refractivity contribution in [3.05, 3.63) is 81.8 Å². The van der Waals surface area contributed by atoms with Crippen LogP contribution in [0.4, 0.5) is 10.2 Å². The molecule has 0 saturated heterocycles. The molecule has 1 aromatic heterocycles. The van der Waals surface area contributed by atoms with Crippen LogP contribution in [0.3, 0.4) is 0 Å². The molecule has 28 heavy (non-hydrogen) atoms. The summed E-state index contributed by atoms with van der Waals surface area (Å²) in [7, 11) is 1.60. The minimum absolute atomic E-state index is 0.0118. The average molecular weight is 402 g/mol. The molecule has 0 amide bonds. The van der Waals surface area contributed by atoms with Crippen LogP contribution in [0.15, 0.2) is 48.5 Å². The summed E-state index contributed by atoms with van der Waals surface area (Å²) in [4.78, 5) is 24.8. The van der Waals surface area contributed by atoms with E-state index in [4.69, 9.17) is 22.1 Å². The van der Waals surface area contributed by atoms with Gasteiger partial charge in [-0.1, -0.05) is 41.9 Å². The minimum Gasteiger partial charge on any atom is -0.454 e. The third kappa shape index (κ3) is 4.04. The summed E-state index contributed by atoms with van der Waals surface area (Å²) in [5, 5.41) is 4.29. The van der Waals surface area contributed by atoms with Crippen LogP contribution in [0, 0.1) is 5.82 Å². The zero-order valence-corrected chi connectivity index (χ0v) is 15.7. The van der Waals surface area contributed by atoms with Crippen LogP contribution in [0.25, 0.3) is 0 Å². The molecule has 0 unspecified atom stereocenters. The summed E-state index contributed by atoms with van der Waals surface area (Å²) < 4.78 is 20.5. The molecular weight excluding hydrogens is 385 g/mol. The average Bonchev–Trinajstić information content (AvgIpc) is 2.95. The third-order valence-corrected chi connectivity index (χ3v) is 4.55. The van der Waals surface area contributed by atoms with Crippen LogP contribution >= 0.6 is 11.6 Å². The van der Waals surface area contributed by atoms with Crippen molar-refractivity contribution in [2.75, 3.05) is 12.3 Å². The number of Topliss-reactive ketones (excluding diaryl/α,β-unsaturated/α-hetero) is 1. The molecule has 0 radical (unpaired) electrons. The topological polar surface area (TPSA) is 87.2 Å². The first-order valence-electron chi connectivity index (χ1n) is 8.38. The van der Waals surface area contributed by atoms with Gasteiger partial charge in [-0.2, -0.15) is 5.10 Å². The lowest BCUT2D eigenvalue weighted by Gasteiger charge is -2.08. The first kappa shape index (κ1) is 19.6. The lowest BCUT2D eigenvalue weighted by Crippen LogP contribution is -2.17. The van der Waals surface area contributed by atoms with Crippen molar-refractivity contribution in [1.82, 2.24) is 9.78 Å². The van der Waals surface area contributed by atoms with Crippen LogP contribution in [0.2, 0.25) is 5.02 Å². The molecule has 6 nitrogen and oxygen atoms in total. The van der Waals surface area contributed by atoms with Crippen LogP contribution in [-0.2, 0) is 18.2 Å². The number of esters is 1. The van der Waals surface area contributed by atoms with Gasteiger partial charge in [-0.15, -0.1) is 0 Å². The van der Waals surface area contributed by atoms with E-state index in [1.54, 1.807) is 49.5 Å². The lowest BCUT2D eigenvalue weighted by molar-refractivity contribution is 0.0474. The van der Waals surface area contributed by atoms with E-state index in [0.717, 1.165) is 0 Å². The summed E-state index contributed by atoms with van der Waals surface area (Å²) in [6, 6.07) is 12.7. The number of benzene rings is 2. The number of hydrogen-bond acceptors (Lipinski definition) is 5. The van der Waals surface area contributed by atoms with E-state index in [0.29, 0.717) is 11.3 Å². The number of halogens is 2. The maximum Gasteiger partial charge on any atom is 0.344 e. The van der Waals surface area contributed by atoms with Gasteiger partial charge in [0.15, 0.2) is 12.4 Å². The smallest absolute Gasteiger partial charge is 0.344 e. The van der Waals surface area contributed by atoms with E-state index < -0.39 is 24.2 Å². The zero-order valence-electron chi connectivity index (χ0n) is 15.0. The SMILES string of the molecule is Cn1nc(N)c(C(=O)OCC(=O)c2ccccc2Cl)c1Cc1ccccc1F. The molecule has 3 rings (SSSR count). The fraction of sp³-hybridized carbons (Fsp3) is 0.150. The number of aryl methyl sites for hydroxylation is 1. The molecular formula is C20H17ClFN3O3. The monoisotopic (exact) mass is 401 g/mol. The standard InChI is InChI=1S/C20H17ClFN3O3/c1-25-16(10-12-6-2-5-9-15(12)22)18(19(23)24-25)20(27)28-11-17(26)13-7-3-4-8-14(13)21/h2-9H,10-11H2,1H3,(H2,23,24). The molecule has 0 fully saturated rings. The highest BCUT2D eigenvalue weighted by molar-refractivity contribution is 6.34. The summed E-state index contributed by atoms with van der Waals surface area (Å²) >= 11 is 5.98. The van der Waals surface area contributed by atoms with E-state index in [2.05, 4.69) is 5.10 Å². The Labute approximate surface area is 165 Å². The van der Waals surface area contributed by atoms with Gasteiger partial charge in [0, 0.05) is 19.0 Å². The number of nitrogen functional groups attached to an aromatic ring is 1. The Morgan fingerprint density at radius 3 is 2.57 bits per heavy atom. The molecule has 0 spiro atoms. The highest BCUT2D eigenvalue weighted by Crippen LogP contribution is 2.22. The second-order valence-corrected chi connectivity index (χ2v) is 6.49. The quantitative estimate of drug-likeness (QED) is 0.505. The van der Waals surface area contributed by atoms with E-state index in [1.807, 2.05) is 0 Å². The lowest BCUT2D eigenvalue weighted by atomic mass is 10.1. The summed E-state index contributed by atoms with van der Waals surface area (Å²) in [5.41, 5.74) is 6.88. The second-order valence-electron chi connectivity index (χ2n) is 6.08. The van der Waals surface area contributed by atoms with Crippen molar-refractivity contribution in [1.29, 1.82) is 0 Å². The van der Waals surface area contributed by atoms with Crippen LogP contribution in [-0.4, -0.2) is 28.1 Å². The van der Waals surface area contributed by atoms with Crippen molar-refractivity contribution in [2.24, 2.45) is 7.05 Å². The molecule has 144 valence electrons. The van der Waals surface area contributed by atoms with E-state index >= 15 is 0 Å². The second kappa shape index (κ2) is 8.22. The number of anilines is 1. The maximum absolute atomic E-state index is 14.0. The molecule has 0 atom stereocenters. The van der Waals surface area contributed by atoms with Gasteiger partial charge in [0.1, 0.15) is 11.4 Å². The van der Waals surface area contributed by atoms with E-state index in [-0.39, 0.29) is 28.4 Å². The van der Waals surface area contributed by atoms with Crippen molar-refractivity contribution in [2.45, 2.75) is 6.42 Å². The number of hydrogen-bond donors (Lipinski definition) is 1. The number of rotatable bonds is 6. The van der Waals surface area contributed by atoms with Crippen LogP contribution in [0.5, 0.6) is 0 Å². The van der Waals surface area contributed by atoms with Crippen molar-refractivity contribution < 1.29 is 18.7 Å². The first-order valence-corrected chi connectivity index (χ1v) is 8.76. The highest BCUT2D eigenvalue weighted by Gasteiger charge is 2.24. The highest BCUT2D eigenvalue weighted by atomic mass is 35.5. The molecule has 0 saturated carbocycles. The van der Waals surface area contributed by atoms with Crippen molar-refractivity contribution in [3.63, 3.8) is 0 Å². The number of carbonyl (C=O) groups is 2. The number of ketones is 1. The minimum atomic E-state index is -0.808. The maximum atomic E-state index is 14.0. The summed E-state index contributed by atoms with van der Waals surface area (Å²) in [6.07, 6.45) is 0.0935. The molecule has 0 aliphatic carbocycles. The number of aromatic nitrogens is 2. The third-order valence-electron chi connectivity index (χ3n) is 4.22. The number of ether oxygens (including phenoxy) is 1. The van der Waals surface area contributed by atoms with E-state index in [1.165, 1.54) is 10.7 Å². The molecule has 0 aliphatic rings. The zero-order chi connectivity index (χ0) is 20.3. The molecule has 8 heteroatoms. The number of nitrogens with zero attached hydrogens (tertiary/aromatic N) is 2. The summed E-state index contributed by atoms with van der Waals surface area (Å²) in [6.45, 7) is -0.504. The number of carbonyl (C=O) groups excluding carboxylic acids is 2. The van der Waals surface area contributed by atoms with Crippen molar-refractivity contribution >= 4 is 29.2 Å². The van der Waals surface area contributed by atoms with Crippen molar-refractivity contribution in [3.8, 4) is 0 Å². The van der Waals surface area contributed by atoms with Gasteiger partial charge in [-0.3, -0.25) is 9.48 Å². The van der Waals surface area contributed by atoms with Gasteiger partial charge < -0.3 is 10.5 Å². The van der Waals surface area contributed by atoms with Gasteiger partial charge in [-0.05, 0) is 23.8 Å². The molecule has 2 aromatic carbocycles. The van der Waals surface area contributed by atoms with Gasteiger partial charge in [0.25, 0.3) is 0 Å². The first-order chi connectivity index (χ1) is 13.4. The van der Waals surface area contributed by atoms with Crippen LogP contribution < -0.4 is 5.73 Å². The van der Waals surface area contributed by atoms with E-state index in [9.17, 15) is 14.0 Å². The van der Waals surface area contributed by atoms with Gasteiger partial charge in [-0.25, -0.2) is 9.18 Å². The Hall–Kier alpha value is -3.19. The fourth-order valence-electron chi connectivity index (χ4n) is 2.80. The molecule has 3 aromatic rings. The molecule has 2 N–H and O–H groups in total. The largest absolute Gasteiger partial charge is 0.454 e. The fourth-order valence-corrected chi connectivity index (χ4v) is 3.04. The number of nitrogens with two attached hydrogens (primary N) is 1.